The van der Waals surface area contributed by atoms with Gasteiger partial charge in [-0.3, -0.25) is 4.79 Å². The van der Waals surface area contributed by atoms with Crippen LogP contribution >= 0.6 is 27.5 Å². The van der Waals surface area contributed by atoms with Crippen LogP contribution in [-0.2, 0) is 6.61 Å². The van der Waals surface area contributed by atoms with Crippen molar-refractivity contribution in [1.82, 2.24) is 10.4 Å². The van der Waals surface area contributed by atoms with Crippen LogP contribution in [0.2, 0.25) is 5.15 Å². The quantitative estimate of drug-likeness (QED) is 0.203. The molecule has 0 fully saturated rings. The molecule has 0 aliphatic heterocycles. The molecule has 3 aromatic carbocycles. The van der Waals surface area contributed by atoms with E-state index >= 15 is 0 Å². The van der Waals surface area contributed by atoms with Gasteiger partial charge in [-0.1, -0.05) is 54.1 Å². The van der Waals surface area contributed by atoms with Crippen molar-refractivity contribution in [2.75, 3.05) is 0 Å². The Morgan fingerprint density at radius 3 is 2.77 bits per heavy atom. The van der Waals surface area contributed by atoms with E-state index in [0.29, 0.717) is 6.61 Å². The number of rotatable bonds is 6. The normalized spacial score (nSPS) is 11.0. The van der Waals surface area contributed by atoms with Crippen LogP contribution in [0.5, 0.6) is 5.75 Å². The van der Waals surface area contributed by atoms with Crippen molar-refractivity contribution in [3.05, 3.63) is 105 Å². The summed E-state index contributed by atoms with van der Waals surface area (Å²) in [4.78, 5) is 16.0. The molecule has 0 bridgehead atoms. The Labute approximate surface area is 192 Å². The van der Waals surface area contributed by atoms with Gasteiger partial charge in [0.1, 0.15) is 17.5 Å². The van der Waals surface area contributed by atoms with Crippen molar-refractivity contribution in [3.8, 4) is 5.75 Å². The van der Waals surface area contributed by atoms with E-state index in [1.807, 2.05) is 36.4 Å². The van der Waals surface area contributed by atoms with Crippen molar-refractivity contribution in [1.29, 1.82) is 0 Å². The molecule has 0 aliphatic rings. The Kier molecular flexibility index (Phi) is 6.60. The van der Waals surface area contributed by atoms with Gasteiger partial charge in [0.25, 0.3) is 5.91 Å². The van der Waals surface area contributed by atoms with Crippen molar-refractivity contribution < 1.29 is 9.53 Å². The second kappa shape index (κ2) is 9.73. The number of amides is 1. The number of nitrogens with zero attached hydrogens (tertiary/aromatic N) is 2. The number of benzene rings is 3. The highest BCUT2D eigenvalue weighted by Gasteiger charge is 2.09. The summed E-state index contributed by atoms with van der Waals surface area (Å²) in [6.45, 7) is 0.454. The summed E-state index contributed by atoms with van der Waals surface area (Å²) < 4.78 is 6.81. The number of carbonyl (C=O) groups is 1. The van der Waals surface area contributed by atoms with Gasteiger partial charge in [0, 0.05) is 6.20 Å². The zero-order chi connectivity index (χ0) is 21.6. The number of ether oxygens (including phenoxy) is 1. The maximum Gasteiger partial charge on any atom is 0.274 e. The summed E-state index contributed by atoms with van der Waals surface area (Å²) >= 11 is 9.45. The number of fused-ring (bicyclic) bond motifs is 1. The van der Waals surface area contributed by atoms with Crippen LogP contribution in [0.15, 0.2) is 88.6 Å². The fourth-order valence-corrected chi connectivity index (χ4v) is 3.79. The largest absolute Gasteiger partial charge is 0.488 e. The summed E-state index contributed by atoms with van der Waals surface area (Å²) in [7, 11) is 0. The number of hydrogen-bond acceptors (Lipinski definition) is 4. The molecule has 0 saturated carbocycles. The molecule has 0 aliphatic carbocycles. The van der Waals surface area contributed by atoms with E-state index in [1.54, 1.807) is 18.3 Å². The molecule has 1 aromatic heterocycles. The summed E-state index contributed by atoms with van der Waals surface area (Å²) in [6, 6.07) is 23.2. The molecule has 1 heterocycles. The highest BCUT2D eigenvalue weighted by atomic mass is 79.9. The lowest BCUT2D eigenvalue weighted by Gasteiger charge is -2.11. The van der Waals surface area contributed by atoms with Crippen LogP contribution in [0.1, 0.15) is 21.5 Å². The lowest BCUT2D eigenvalue weighted by molar-refractivity contribution is 0.0955. The molecule has 5 nitrogen and oxygen atoms in total. The van der Waals surface area contributed by atoms with Crippen LogP contribution in [0.25, 0.3) is 10.8 Å². The predicted molar refractivity (Wildman–Crippen MR) is 127 cm³/mol. The molecule has 0 spiro atoms. The van der Waals surface area contributed by atoms with Gasteiger partial charge in [-0.25, -0.2) is 10.4 Å². The Bertz CT molecular complexity index is 1270. The maximum absolute atomic E-state index is 12.1. The molecule has 4 aromatic rings. The summed E-state index contributed by atoms with van der Waals surface area (Å²) in [5.74, 6) is 0.291. The standard InChI is InChI=1S/C24H17BrClN3O2/c25-21-13-16(14-28-29-24(30)20-9-4-12-27-23(20)26)10-11-22(21)31-15-18-7-3-6-17-5-1-2-8-19(17)18/h1-14H,15H2,(H,29,30). The number of hydrogen-bond donors (Lipinski definition) is 1. The highest BCUT2D eigenvalue weighted by molar-refractivity contribution is 9.10. The van der Waals surface area contributed by atoms with Crippen molar-refractivity contribution in [2.45, 2.75) is 6.61 Å². The van der Waals surface area contributed by atoms with Gasteiger partial charge < -0.3 is 4.74 Å². The van der Waals surface area contributed by atoms with E-state index in [1.165, 1.54) is 17.0 Å². The van der Waals surface area contributed by atoms with Gasteiger partial charge in [-0.2, -0.15) is 5.10 Å². The first-order valence-electron chi connectivity index (χ1n) is 9.45. The average Bonchev–Trinajstić information content (AvgIpc) is 2.79. The van der Waals surface area contributed by atoms with E-state index in [0.717, 1.165) is 21.3 Å². The SMILES string of the molecule is O=C(NN=Cc1ccc(OCc2cccc3ccccc23)c(Br)c1)c1cccnc1Cl. The number of carbonyl (C=O) groups excluding carboxylic acids is 1. The first kappa shape index (κ1) is 21.0. The third kappa shape index (κ3) is 5.10. The molecule has 31 heavy (non-hydrogen) atoms. The fraction of sp³-hybridized carbons (Fsp3) is 0.0417. The summed E-state index contributed by atoms with van der Waals surface area (Å²) in [5.41, 5.74) is 4.62. The Balaban J connectivity index is 1.40. The third-order valence-corrected chi connectivity index (χ3v) is 5.52. The van der Waals surface area contributed by atoms with E-state index in [9.17, 15) is 4.79 Å². The lowest BCUT2D eigenvalue weighted by atomic mass is 10.1. The van der Waals surface area contributed by atoms with Crippen molar-refractivity contribution >= 4 is 50.4 Å². The number of halogens is 2. The zero-order valence-electron chi connectivity index (χ0n) is 16.3. The van der Waals surface area contributed by atoms with Crippen LogP contribution in [0.4, 0.5) is 0 Å². The van der Waals surface area contributed by atoms with Crippen LogP contribution < -0.4 is 10.2 Å². The minimum Gasteiger partial charge on any atom is -0.488 e. The van der Waals surface area contributed by atoms with Gasteiger partial charge in [0.2, 0.25) is 0 Å². The predicted octanol–water partition coefficient (Wildman–Crippen LogP) is 5.99. The molecular formula is C24H17BrClN3O2. The molecular weight excluding hydrogens is 478 g/mol. The molecule has 7 heteroatoms. The Morgan fingerprint density at radius 1 is 1.10 bits per heavy atom. The number of hydrazone groups is 1. The van der Waals surface area contributed by atoms with Crippen LogP contribution in [0, 0.1) is 0 Å². The minimum atomic E-state index is -0.427. The van der Waals surface area contributed by atoms with E-state index < -0.39 is 5.91 Å². The molecule has 0 atom stereocenters. The lowest BCUT2D eigenvalue weighted by Crippen LogP contribution is -2.18. The van der Waals surface area contributed by atoms with Crippen LogP contribution in [0.3, 0.4) is 0 Å². The molecule has 1 amide bonds. The molecule has 4 rings (SSSR count). The van der Waals surface area contributed by atoms with Crippen molar-refractivity contribution in [2.24, 2.45) is 5.10 Å². The van der Waals surface area contributed by atoms with E-state index in [-0.39, 0.29) is 10.7 Å². The monoisotopic (exact) mass is 493 g/mol. The third-order valence-electron chi connectivity index (χ3n) is 4.60. The fourth-order valence-electron chi connectivity index (χ4n) is 3.07. The number of aromatic nitrogens is 1. The maximum atomic E-state index is 12.1. The van der Waals surface area contributed by atoms with E-state index in [4.69, 9.17) is 16.3 Å². The topological polar surface area (TPSA) is 63.6 Å². The second-order valence-corrected chi connectivity index (χ2v) is 7.87. The van der Waals surface area contributed by atoms with E-state index in [2.05, 4.69) is 55.7 Å². The Hall–Kier alpha value is -3.22. The van der Waals surface area contributed by atoms with Crippen molar-refractivity contribution in [3.63, 3.8) is 0 Å². The van der Waals surface area contributed by atoms with Gasteiger partial charge in [0.05, 0.1) is 16.3 Å². The zero-order valence-corrected chi connectivity index (χ0v) is 18.6. The highest BCUT2D eigenvalue weighted by Crippen LogP contribution is 2.27. The van der Waals surface area contributed by atoms with Gasteiger partial charge in [0.15, 0.2) is 0 Å². The number of nitrogens with one attached hydrogen (secondary N) is 1. The molecule has 1 N–H and O–H groups in total. The molecule has 0 unspecified atom stereocenters. The average molecular weight is 495 g/mol. The smallest absolute Gasteiger partial charge is 0.274 e. The molecule has 0 saturated heterocycles. The summed E-state index contributed by atoms with van der Waals surface area (Å²) in [6.07, 6.45) is 3.06. The first-order chi connectivity index (χ1) is 15.1. The van der Waals surface area contributed by atoms with Gasteiger partial charge in [-0.15, -0.1) is 0 Å². The summed E-state index contributed by atoms with van der Waals surface area (Å²) in [5, 5.41) is 6.47. The Morgan fingerprint density at radius 2 is 1.94 bits per heavy atom. The number of pyridine rings is 1. The second-order valence-electron chi connectivity index (χ2n) is 6.66. The first-order valence-corrected chi connectivity index (χ1v) is 10.6. The minimum absolute atomic E-state index is 0.130. The molecule has 0 radical (unpaired) electrons. The van der Waals surface area contributed by atoms with Gasteiger partial charge >= 0.3 is 0 Å². The van der Waals surface area contributed by atoms with Crippen LogP contribution in [-0.4, -0.2) is 17.1 Å². The van der Waals surface area contributed by atoms with Gasteiger partial charge in [-0.05, 0) is 68.2 Å². The molecule has 154 valence electrons.